The van der Waals surface area contributed by atoms with E-state index in [1.165, 1.54) is 22.8 Å². The molecule has 0 saturated heterocycles. The molecule has 0 radical (unpaired) electrons. The van der Waals surface area contributed by atoms with Crippen molar-refractivity contribution in [3.05, 3.63) is 174 Å². The molecule has 0 aliphatic carbocycles. The molecule has 0 aliphatic rings. The minimum Gasteiger partial charge on any atom is -0.308 e. The van der Waals surface area contributed by atoms with Crippen LogP contribution in [-0.4, -0.2) is 24.1 Å². The van der Waals surface area contributed by atoms with Crippen molar-refractivity contribution in [2.24, 2.45) is 0 Å². The molecule has 14 heteroatoms. The summed E-state index contributed by atoms with van der Waals surface area (Å²) >= 11 is 0. The molecule has 3 aromatic heterocycles. The largest absolute Gasteiger partial charge is 0.416 e. The van der Waals surface area contributed by atoms with Crippen LogP contribution in [0.5, 0.6) is 0 Å². The molecule has 0 saturated carbocycles. The van der Waals surface area contributed by atoms with Crippen LogP contribution in [0.3, 0.4) is 0 Å². The average Bonchev–Trinajstić information content (AvgIpc) is 3.77. The summed E-state index contributed by atoms with van der Waals surface area (Å²) in [6.45, 7) is 1.80. The molecule has 63 heavy (non-hydrogen) atoms. The first-order valence-corrected chi connectivity index (χ1v) is 19.4. The molecule has 0 spiro atoms. The monoisotopic (exact) mass is 857 g/mol. The van der Waals surface area contributed by atoms with Gasteiger partial charge in [-0.05, 0) is 73.7 Å². The first-order chi connectivity index (χ1) is 30.0. The molecule has 0 amide bonds. The molecule has 5 nitrogen and oxygen atoms in total. The van der Waals surface area contributed by atoms with Gasteiger partial charge >= 0.3 is 18.5 Å². The van der Waals surface area contributed by atoms with Crippen LogP contribution < -0.4 is 0 Å². The highest BCUT2D eigenvalue weighted by molar-refractivity contribution is 6.11. The highest BCUT2D eigenvalue weighted by atomic mass is 19.4. The van der Waals surface area contributed by atoms with Gasteiger partial charge in [-0.1, -0.05) is 90.5 Å². The zero-order valence-corrected chi connectivity index (χ0v) is 32.6. The zero-order valence-electron chi connectivity index (χ0n) is 32.6. The van der Waals surface area contributed by atoms with Crippen LogP contribution >= 0.6 is 0 Å². The van der Waals surface area contributed by atoms with Gasteiger partial charge in [0.15, 0.2) is 17.5 Å². The second-order valence-electron chi connectivity index (χ2n) is 15.1. The van der Waals surface area contributed by atoms with E-state index < -0.39 is 35.2 Å². The second kappa shape index (κ2) is 14.3. The number of rotatable bonds is 5. The zero-order chi connectivity index (χ0) is 44.0. The van der Waals surface area contributed by atoms with E-state index in [0.29, 0.717) is 55.0 Å². The van der Waals surface area contributed by atoms with Crippen LogP contribution in [-0.2, 0) is 18.5 Å². The van der Waals surface area contributed by atoms with Gasteiger partial charge < -0.3 is 9.13 Å². The van der Waals surface area contributed by atoms with E-state index >= 15 is 0 Å². The van der Waals surface area contributed by atoms with E-state index in [0.717, 1.165) is 36.4 Å². The smallest absolute Gasteiger partial charge is 0.308 e. The maximum atomic E-state index is 14.7. The normalized spacial score (nSPS) is 12.6. The SMILES string of the molecule is Cc1ccc(-n2c3ccccc3c3ccc(C(F)(F)F)cc32)c(-c2nc(-c3ccccc3)nc(-c3cc(C(F)(F)F)ccc3-n3c4ccccc4c4ccc(C(F)(F)F)cc43)n2)c1. The van der Waals surface area contributed by atoms with E-state index in [1.54, 1.807) is 109 Å². The summed E-state index contributed by atoms with van der Waals surface area (Å²) in [4.78, 5) is 14.5. The van der Waals surface area contributed by atoms with Crippen molar-refractivity contribution in [3.8, 4) is 45.5 Å². The fourth-order valence-electron chi connectivity index (χ4n) is 8.26. The Hall–Kier alpha value is -7.48. The van der Waals surface area contributed by atoms with Crippen LogP contribution in [0.15, 0.2) is 152 Å². The summed E-state index contributed by atoms with van der Waals surface area (Å²) in [5.74, 6) is -0.220. The Morgan fingerprint density at radius 3 is 1.27 bits per heavy atom. The molecule has 0 aliphatic heterocycles. The molecule has 0 N–H and O–H groups in total. The lowest BCUT2D eigenvalue weighted by Crippen LogP contribution is -2.09. The van der Waals surface area contributed by atoms with Crippen molar-refractivity contribution in [1.29, 1.82) is 0 Å². The van der Waals surface area contributed by atoms with E-state index in [9.17, 15) is 39.5 Å². The molecule has 7 aromatic carbocycles. The first kappa shape index (κ1) is 39.6. The summed E-state index contributed by atoms with van der Waals surface area (Å²) in [5, 5.41) is 2.19. The maximum absolute atomic E-state index is 14.7. The van der Waals surface area contributed by atoms with Gasteiger partial charge in [0.2, 0.25) is 0 Å². The highest BCUT2D eigenvalue weighted by Gasteiger charge is 2.35. The van der Waals surface area contributed by atoms with Crippen molar-refractivity contribution in [2.75, 3.05) is 0 Å². The number of nitrogens with zero attached hydrogens (tertiary/aromatic N) is 5. The van der Waals surface area contributed by atoms with Gasteiger partial charge in [-0.25, -0.2) is 15.0 Å². The van der Waals surface area contributed by atoms with Gasteiger partial charge in [0.1, 0.15) is 0 Å². The van der Waals surface area contributed by atoms with Gasteiger partial charge in [-0.15, -0.1) is 0 Å². The number of aryl methyl sites for hydroxylation is 1. The molecule has 0 bridgehead atoms. The number of hydrogen-bond donors (Lipinski definition) is 0. The fraction of sp³-hybridized carbons (Fsp3) is 0.0816. The predicted molar refractivity (Wildman–Crippen MR) is 225 cm³/mol. The van der Waals surface area contributed by atoms with Crippen molar-refractivity contribution in [2.45, 2.75) is 25.5 Å². The summed E-state index contributed by atoms with van der Waals surface area (Å²) in [7, 11) is 0. The Kier molecular flexibility index (Phi) is 9.00. The van der Waals surface area contributed by atoms with Gasteiger partial charge in [0, 0.05) is 38.2 Å². The minimum atomic E-state index is -4.86. The molecule has 0 unspecified atom stereocenters. The van der Waals surface area contributed by atoms with Gasteiger partial charge in [0.05, 0.1) is 50.1 Å². The predicted octanol–water partition coefficient (Wildman–Crippen LogP) is 14.4. The molecule has 312 valence electrons. The molecule has 10 aromatic rings. The van der Waals surface area contributed by atoms with Gasteiger partial charge in [-0.2, -0.15) is 39.5 Å². The Morgan fingerprint density at radius 1 is 0.365 bits per heavy atom. The number of aromatic nitrogens is 5. The van der Waals surface area contributed by atoms with Crippen molar-refractivity contribution < 1.29 is 39.5 Å². The molecule has 3 heterocycles. The third kappa shape index (κ3) is 6.82. The number of fused-ring (bicyclic) bond motifs is 6. The molecule has 10 rings (SSSR count). The maximum Gasteiger partial charge on any atom is 0.416 e. The van der Waals surface area contributed by atoms with Crippen molar-refractivity contribution >= 4 is 43.6 Å². The molecular formula is C49H28F9N5. The summed E-state index contributed by atoms with van der Waals surface area (Å²) in [5.41, 5.74) is 0.133. The Morgan fingerprint density at radius 2 is 0.762 bits per heavy atom. The fourth-order valence-corrected chi connectivity index (χ4v) is 8.26. The number of benzene rings is 7. The van der Waals surface area contributed by atoms with E-state index in [1.807, 2.05) is 0 Å². The average molecular weight is 858 g/mol. The molecule has 0 fully saturated rings. The summed E-state index contributed by atoms with van der Waals surface area (Å²) in [6.07, 6.45) is -14.2. The van der Waals surface area contributed by atoms with Crippen LogP contribution in [0.2, 0.25) is 0 Å². The number of para-hydroxylation sites is 2. The minimum absolute atomic E-state index is 0.0274. The number of halogens is 9. The van der Waals surface area contributed by atoms with Crippen molar-refractivity contribution in [3.63, 3.8) is 0 Å². The lowest BCUT2D eigenvalue weighted by molar-refractivity contribution is -0.138. The molecule has 0 atom stereocenters. The Balaban J connectivity index is 1.30. The highest BCUT2D eigenvalue weighted by Crippen LogP contribution is 2.43. The summed E-state index contributed by atoms with van der Waals surface area (Å²) < 4.78 is 133. The second-order valence-corrected chi connectivity index (χ2v) is 15.1. The van der Waals surface area contributed by atoms with Crippen LogP contribution in [0.25, 0.3) is 89.2 Å². The topological polar surface area (TPSA) is 48.5 Å². The van der Waals surface area contributed by atoms with Crippen LogP contribution in [0.4, 0.5) is 39.5 Å². The Labute approximate surface area is 351 Å². The standard InChI is InChI=1S/C49H28F9N5/c1-27-15-21-40(62-38-13-7-5-11-32(38)34-19-16-30(25-42(34)62)48(53,54)55)36(23-27)45-59-44(28-9-3-2-4-10-28)60-46(61-45)37-24-29(47(50,51)52)18-22-41(37)63-39-14-8-6-12-33(39)35-20-17-31(26-43(35)63)49(56,57)58/h2-26H,1H3. The van der Waals surface area contributed by atoms with E-state index in [2.05, 4.69) is 0 Å². The first-order valence-electron chi connectivity index (χ1n) is 19.4. The quantitative estimate of drug-likeness (QED) is 0.162. The third-order valence-electron chi connectivity index (χ3n) is 11.1. The van der Waals surface area contributed by atoms with E-state index in [4.69, 9.17) is 15.0 Å². The molecular weight excluding hydrogens is 830 g/mol. The van der Waals surface area contributed by atoms with Crippen molar-refractivity contribution in [1.82, 2.24) is 24.1 Å². The Bertz CT molecular complexity index is 3430. The number of alkyl halides is 9. The lowest BCUT2D eigenvalue weighted by Gasteiger charge is -2.18. The third-order valence-corrected chi connectivity index (χ3v) is 11.1. The summed E-state index contributed by atoms with van der Waals surface area (Å²) in [6, 6.07) is 37.3. The van der Waals surface area contributed by atoms with E-state index in [-0.39, 0.29) is 39.8 Å². The van der Waals surface area contributed by atoms with Gasteiger partial charge in [0.25, 0.3) is 0 Å². The lowest BCUT2D eigenvalue weighted by atomic mass is 10.0. The van der Waals surface area contributed by atoms with Crippen LogP contribution in [0, 0.1) is 6.92 Å². The van der Waals surface area contributed by atoms with Gasteiger partial charge in [-0.3, -0.25) is 0 Å². The number of hydrogen-bond acceptors (Lipinski definition) is 3. The van der Waals surface area contributed by atoms with Crippen LogP contribution in [0.1, 0.15) is 22.3 Å².